The maximum absolute atomic E-state index is 12.0. The summed E-state index contributed by atoms with van der Waals surface area (Å²) in [6.07, 6.45) is 0.139. The van der Waals surface area contributed by atoms with Gasteiger partial charge in [0.2, 0.25) is 5.91 Å². The molecule has 7 nitrogen and oxygen atoms in total. The number of amides is 1. The lowest BCUT2D eigenvalue weighted by atomic mass is 10.2. The first kappa shape index (κ1) is 17.0. The van der Waals surface area contributed by atoms with Crippen LogP contribution in [0.25, 0.3) is 10.8 Å². The van der Waals surface area contributed by atoms with Crippen molar-refractivity contribution < 1.29 is 13.9 Å². The van der Waals surface area contributed by atoms with Crippen molar-refractivity contribution in [3.8, 4) is 16.5 Å². The van der Waals surface area contributed by atoms with Crippen molar-refractivity contribution >= 4 is 17.2 Å². The molecule has 25 heavy (non-hydrogen) atoms. The number of carbonyl (C=O) groups excluding carboxylic acids is 1. The highest BCUT2D eigenvalue weighted by Gasteiger charge is 2.12. The minimum atomic E-state index is -0.566. The summed E-state index contributed by atoms with van der Waals surface area (Å²) in [5.74, 6) is 0.276. The van der Waals surface area contributed by atoms with Crippen molar-refractivity contribution in [2.45, 2.75) is 19.5 Å². The molecule has 3 rings (SSSR count). The van der Waals surface area contributed by atoms with Gasteiger partial charge in [0.05, 0.1) is 18.5 Å². The van der Waals surface area contributed by atoms with Gasteiger partial charge in [0, 0.05) is 13.0 Å². The van der Waals surface area contributed by atoms with Crippen molar-refractivity contribution in [2.75, 3.05) is 7.11 Å². The fourth-order valence-corrected chi connectivity index (χ4v) is 2.87. The van der Waals surface area contributed by atoms with Crippen LogP contribution in [-0.2, 0) is 17.9 Å². The first-order valence-corrected chi connectivity index (χ1v) is 8.55. The van der Waals surface area contributed by atoms with Gasteiger partial charge in [0.15, 0.2) is 0 Å². The van der Waals surface area contributed by atoms with Gasteiger partial charge >= 0.3 is 5.76 Å². The summed E-state index contributed by atoms with van der Waals surface area (Å²) in [4.78, 5) is 24.5. The van der Waals surface area contributed by atoms with Crippen LogP contribution in [0, 0.1) is 0 Å². The van der Waals surface area contributed by atoms with Crippen molar-refractivity contribution in [3.63, 3.8) is 0 Å². The Morgan fingerprint density at radius 2 is 2.24 bits per heavy atom. The molecule has 0 saturated carbocycles. The molecule has 0 radical (unpaired) electrons. The molecule has 0 saturated heterocycles. The molecule has 0 bridgehead atoms. The Hall–Kier alpha value is -2.87. The smallest absolute Gasteiger partial charge is 0.437 e. The third-order valence-electron chi connectivity index (χ3n) is 3.51. The molecule has 0 aliphatic heterocycles. The molecule has 0 aliphatic carbocycles. The average Bonchev–Trinajstić information content (AvgIpc) is 3.28. The van der Waals surface area contributed by atoms with Crippen molar-refractivity contribution in [1.29, 1.82) is 0 Å². The van der Waals surface area contributed by atoms with Crippen LogP contribution >= 0.6 is 11.3 Å². The number of aromatic nitrogens is 2. The second-order valence-electron chi connectivity index (χ2n) is 5.25. The third-order valence-corrected chi connectivity index (χ3v) is 4.37. The minimum Gasteiger partial charge on any atom is -0.497 e. The molecule has 130 valence electrons. The van der Waals surface area contributed by atoms with Gasteiger partial charge in [-0.1, -0.05) is 18.2 Å². The van der Waals surface area contributed by atoms with Gasteiger partial charge in [-0.2, -0.15) is 4.68 Å². The zero-order valence-electron chi connectivity index (χ0n) is 13.6. The first-order valence-electron chi connectivity index (χ1n) is 7.67. The fraction of sp³-hybridized carbons (Fsp3) is 0.235. The summed E-state index contributed by atoms with van der Waals surface area (Å²) in [6, 6.07) is 11.1. The number of nitrogens with one attached hydrogen (secondary N) is 1. The SMILES string of the molecule is COc1cccc(CNC(=O)CCn2nc(-c3cccs3)oc2=O)c1. The number of thiophene rings is 1. The molecule has 0 spiro atoms. The number of hydrogen-bond acceptors (Lipinski definition) is 6. The number of aryl methyl sites for hydroxylation is 1. The predicted octanol–water partition coefficient (Wildman–Crippen LogP) is 2.28. The lowest BCUT2D eigenvalue weighted by Crippen LogP contribution is -2.26. The number of benzene rings is 1. The topological polar surface area (TPSA) is 86.4 Å². The zero-order chi connectivity index (χ0) is 17.6. The van der Waals surface area contributed by atoms with Crippen LogP contribution in [0.5, 0.6) is 5.75 Å². The Labute approximate surface area is 147 Å². The van der Waals surface area contributed by atoms with Crippen LogP contribution in [-0.4, -0.2) is 22.8 Å². The van der Waals surface area contributed by atoms with E-state index in [9.17, 15) is 9.59 Å². The van der Waals surface area contributed by atoms with E-state index in [0.29, 0.717) is 6.54 Å². The monoisotopic (exact) mass is 359 g/mol. The molecule has 1 N–H and O–H groups in total. The van der Waals surface area contributed by atoms with Crippen LogP contribution in [0.2, 0.25) is 0 Å². The molecule has 8 heteroatoms. The lowest BCUT2D eigenvalue weighted by Gasteiger charge is -2.06. The molecule has 0 atom stereocenters. The van der Waals surface area contributed by atoms with Crippen molar-refractivity contribution in [2.24, 2.45) is 0 Å². The van der Waals surface area contributed by atoms with E-state index in [0.717, 1.165) is 16.2 Å². The number of ether oxygens (including phenoxy) is 1. The Morgan fingerprint density at radius 1 is 1.36 bits per heavy atom. The molecule has 2 heterocycles. The van der Waals surface area contributed by atoms with E-state index in [4.69, 9.17) is 9.15 Å². The largest absolute Gasteiger partial charge is 0.497 e. The number of carbonyl (C=O) groups is 1. The van der Waals surface area contributed by atoms with E-state index < -0.39 is 5.76 Å². The average molecular weight is 359 g/mol. The zero-order valence-corrected chi connectivity index (χ0v) is 14.4. The van der Waals surface area contributed by atoms with Crippen LogP contribution < -0.4 is 15.8 Å². The van der Waals surface area contributed by atoms with Crippen molar-refractivity contribution in [1.82, 2.24) is 15.1 Å². The maximum Gasteiger partial charge on any atom is 0.437 e. The van der Waals surface area contributed by atoms with E-state index in [2.05, 4.69) is 10.4 Å². The predicted molar refractivity (Wildman–Crippen MR) is 93.5 cm³/mol. The van der Waals surface area contributed by atoms with Crippen LogP contribution in [0.3, 0.4) is 0 Å². The third kappa shape index (κ3) is 4.36. The lowest BCUT2D eigenvalue weighted by molar-refractivity contribution is -0.121. The van der Waals surface area contributed by atoms with E-state index in [1.165, 1.54) is 16.0 Å². The molecule has 1 amide bonds. The maximum atomic E-state index is 12.0. The standard InChI is InChI=1S/C17H17N3O4S/c1-23-13-5-2-4-12(10-13)11-18-15(21)7-8-20-17(22)24-16(19-20)14-6-3-9-25-14/h2-6,9-10H,7-8,11H2,1H3,(H,18,21). The fourth-order valence-electron chi connectivity index (χ4n) is 2.23. The number of methoxy groups -OCH3 is 1. The normalized spacial score (nSPS) is 10.6. The van der Waals surface area contributed by atoms with Crippen molar-refractivity contribution in [3.05, 3.63) is 57.9 Å². The minimum absolute atomic E-state index is 0.139. The van der Waals surface area contributed by atoms with E-state index in [1.807, 2.05) is 41.8 Å². The Balaban J connectivity index is 1.53. The van der Waals surface area contributed by atoms with Gasteiger partial charge in [-0.15, -0.1) is 16.4 Å². The molecule has 0 unspecified atom stereocenters. The first-order chi connectivity index (χ1) is 12.2. The number of nitrogens with zero attached hydrogens (tertiary/aromatic N) is 2. The summed E-state index contributed by atoms with van der Waals surface area (Å²) >= 11 is 1.43. The second-order valence-corrected chi connectivity index (χ2v) is 6.20. The van der Waals surface area contributed by atoms with Gasteiger partial charge in [-0.3, -0.25) is 4.79 Å². The van der Waals surface area contributed by atoms with Gasteiger partial charge in [-0.25, -0.2) is 4.79 Å². The summed E-state index contributed by atoms with van der Waals surface area (Å²) in [6.45, 7) is 0.557. The van der Waals surface area contributed by atoms with Crippen LogP contribution in [0.1, 0.15) is 12.0 Å². The summed E-state index contributed by atoms with van der Waals surface area (Å²) in [7, 11) is 1.60. The van der Waals surface area contributed by atoms with Gasteiger partial charge in [0.1, 0.15) is 5.75 Å². The highest BCUT2D eigenvalue weighted by atomic mass is 32.1. The Kier molecular flexibility index (Phi) is 5.30. The van der Waals surface area contributed by atoms with Gasteiger partial charge in [0.25, 0.3) is 5.89 Å². The molecular weight excluding hydrogens is 342 g/mol. The van der Waals surface area contributed by atoms with E-state index in [-0.39, 0.29) is 24.8 Å². The Morgan fingerprint density at radius 3 is 3.00 bits per heavy atom. The number of rotatable bonds is 7. The van der Waals surface area contributed by atoms with E-state index in [1.54, 1.807) is 7.11 Å². The molecule has 3 aromatic rings. The summed E-state index contributed by atoms with van der Waals surface area (Å²) in [5.41, 5.74) is 0.936. The highest BCUT2D eigenvalue weighted by Crippen LogP contribution is 2.21. The molecular formula is C17H17N3O4S. The highest BCUT2D eigenvalue weighted by molar-refractivity contribution is 7.13. The van der Waals surface area contributed by atoms with Crippen LogP contribution in [0.4, 0.5) is 0 Å². The van der Waals surface area contributed by atoms with Crippen LogP contribution in [0.15, 0.2) is 51.0 Å². The van der Waals surface area contributed by atoms with E-state index >= 15 is 0 Å². The quantitative estimate of drug-likeness (QED) is 0.699. The molecule has 0 aliphatic rings. The summed E-state index contributed by atoms with van der Waals surface area (Å²) in [5, 5.41) is 8.80. The second kappa shape index (κ2) is 7.80. The number of hydrogen-bond donors (Lipinski definition) is 1. The summed E-state index contributed by atoms with van der Waals surface area (Å²) < 4.78 is 11.4. The van der Waals surface area contributed by atoms with Gasteiger partial charge < -0.3 is 14.5 Å². The Bertz CT molecular complexity index is 899. The van der Waals surface area contributed by atoms with Gasteiger partial charge in [-0.05, 0) is 29.1 Å². The molecule has 1 aromatic carbocycles. The molecule has 2 aromatic heterocycles. The molecule has 0 fully saturated rings.